The van der Waals surface area contributed by atoms with Gasteiger partial charge in [-0.2, -0.15) is 0 Å². The minimum absolute atomic E-state index is 0.0607. The van der Waals surface area contributed by atoms with Crippen LogP contribution >= 0.6 is 0 Å². The van der Waals surface area contributed by atoms with E-state index in [-0.39, 0.29) is 18.4 Å². The number of rotatable bonds is 6. The first-order chi connectivity index (χ1) is 15.5. The maximum absolute atomic E-state index is 13.2. The number of carbonyl (C=O) groups is 2. The number of nitrogens with one attached hydrogen (secondary N) is 1. The largest absolute Gasteiger partial charge is 0.484 e. The number of para-hydroxylation sites is 1. The minimum Gasteiger partial charge on any atom is -0.484 e. The van der Waals surface area contributed by atoms with Crippen molar-refractivity contribution in [2.24, 2.45) is 0 Å². The molecular formula is C27H28N2O3. The lowest BCUT2D eigenvalue weighted by Crippen LogP contribution is -2.30. The summed E-state index contributed by atoms with van der Waals surface area (Å²) in [7, 11) is 0. The van der Waals surface area contributed by atoms with Crippen LogP contribution in [0.3, 0.4) is 0 Å². The van der Waals surface area contributed by atoms with Gasteiger partial charge in [-0.25, -0.2) is 0 Å². The van der Waals surface area contributed by atoms with Crippen molar-refractivity contribution >= 4 is 17.5 Å². The molecule has 1 heterocycles. The highest BCUT2D eigenvalue weighted by Gasteiger charge is 2.29. The van der Waals surface area contributed by atoms with E-state index in [1.165, 1.54) is 11.1 Å². The molecule has 2 amide bonds. The normalized spacial score (nSPS) is 15.4. The number of ether oxygens (including phenoxy) is 1. The molecule has 1 aliphatic heterocycles. The first-order valence-corrected chi connectivity index (χ1v) is 10.9. The van der Waals surface area contributed by atoms with E-state index in [1.54, 1.807) is 12.1 Å². The van der Waals surface area contributed by atoms with Gasteiger partial charge < -0.3 is 15.0 Å². The molecule has 1 fully saturated rings. The summed E-state index contributed by atoms with van der Waals surface area (Å²) in [4.78, 5) is 27.6. The summed E-state index contributed by atoms with van der Waals surface area (Å²) in [6, 6.07) is 23.2. The van der Waals surface area contributed by atoms with Crippen LogP contribution in [0.2, 0.25) is 0 Å². The van der Waals surface area contributed by atoms with Gasteiger partial charge in [0.25, 0.3) is 11.8 Å². The third-order valence-electron chi connectivity index (χ3n) is 6.03. The van der Waals surface area contributed by atoms with Crippen molar-refractivity contribution < 1.29 is 14.3 Å². The Bertz CT molecular complexity index is 1110. The second-order valence-electron chi connectivity index (χ2n) is 8.28. The molecule has 1 unspecified atom stereocenters. The highest BCUT2D eigenvalue weighted by atomic mass is 16.5. The molecular weight excluding hydrogens is 400 g/mol. The fraction of sp³-hybridized carbons (Fsp3) is 0.259. The van der Waals surface area contributed by atoms with Crippen LogP contribution in [0, 0.1) is 13.8 Å². The Morgan fingerprint density at radius 3 is 2.50 bits per heavy atom. The molecule has 164 valence electrons. The van der Waals surface area contributed by atoms with Crippen LogP contribution in [0.25, 0.3) is 0 Å². The Morgan fingerprint density at radius 2 is 1.72 bits per heavy atom. The number of hydrogen-bond acceptors (Lipinski definition) is 3. The predicted octanol–water partition coefficient (Wildman–Crippen LogP) is 4.95. The number of amides is 2. The fourth-order valence-corrected chi connectivity index (χ4v) is 4.03. The Kier molecular flexibility index (Phi) is 6.55. The quantitative estimate of drug-likeness (QED) is 0.604. The number of benzene rings is 3. The lowest BCUT2D eigenvalue weighted by molar-refractivity contribution is -0.118. The third-order valence-corrected chi connectivity index (χ3v) is 6.03. The Morgan fingerprint density at radius 1 is 0.969 bits per heavy atom. The molecule has 0 bridgehead atoms. The molecule has 1 N–H and O–H groups in total. The van der Waals surface area contributed by atoms with E-state index in [0.29, 0.717) is 36.0 Å². The lowest BCUT2D eigenvalue weighted by Gasteiger charge is -2.19. The van der Waals surface area contributed by atoms with Crippen LogP contribution in [-0.4, -0.2) is 36.4 Å². The molecule has 0 radical (unpaired) electrons. The van der Waals surface area contributed by atoms with Crippen LogP contribution in [0.4, 0.5) is 5.69 Å². The van der Waals surface area contributed by atoms with Gasteiger partial charge in [-0.05, 0) is 61.2 Å². The van der Waals surface area contributed by atoms with Gasteiger partial charge >= 0.3 is 0 Å². The van der Waals surface area contributed by atoms with E-state index in [0.717, 1.165) is 12.0 Å². The Labute approximate surface area is 189 Å². The maximum Gasteiger partial charge on any atom is 0.262 e. The Balaban J connectivity index is 1.39. The van der Waals surface area contributed by atoms with Gasteiger partial charge in [-0.1, -0.05) is 48.5 Å². The van der Waals surface area contributed by atoms with Crippen LogP contribution in [0.15, 0.2) is 72.8 Å². The number of anilines is 1. The second-order valence-corrected chi connectivity index (χ2v) is 8.28. The van der Waals surface area contributed by atoms with Gasteiger partial charge in [0.05, 0.1) is 11.3 Å². The van der Waals surface area contributed by atoms with Gasteiger partial charge in [0.1, 0.15) is 5.75 Å². The highest BCUT2D eigenvalue weighted by molar-refractivity contribution is 6.04. The maximum atomic E-state index is 13.2. The molecule has 0 saturated carbocycles. The van der Waals surface area contributed by atoms with E-state index in [2.05, 4.69) is 17.4 Å². The summed E-state index contributed by atoms with van der Waals surface area (Å²) in [5.74, 6) is 0.631. The highest BCUT2D eigenvalue weighted by Crippen LogP contribution is 2.29. The summed E-state index contributed by atoms with van der Waals surface area (Å²) < 4.78 is 5.63. The van der Waals surface area contributed by atoms with E-state index < -0.39 is 0 Å². The molecule has 5 heteroatoms. The van der Waals surface area contributed by atoms with E-state index in [9.17, 15) is 9.59 Å². The summed E-state index contributed by atoms with van der Waals surface area (Å²) in [6.45, 7) is 5.30. The predicted molar refractivity (Wildman–Crippen MR) is 126 cm³/mol. The topological polar surface area (TPSA) is 58.6 Å². The monoisotopic (exact) mass is 428 g/mol. The van der Waals surface area contributed by atoms with Gasteiger partial charge in [0.2, 0.25) is 0 Å². The van der Waals surface area contributed by atoms with E-state index >= 15 is 0 Å². The molecule has 0 aromatic heterocycles. The van der Waals surface area contributed by atoms with E-state index in [4.69, 9.17) is 4.74 Å². The van der Waals surface area contributed by atoms with Gasteiger partial charge in [-0.3, -0.25) is 9.59 Å². The van der Waals surface area contributed by atoms with Crippen LogP contribution in [0.1, 0.15) is 39.4 Å². The van der Waals surface area contributed by atoms with Crippen LogP contribution < -0.4 is 10.1 Å². The van der Waals surface area contributed by atoms with E-state index in [1.807, 2.05) is 67.3 Å². The first-order valence-electron chi connectivity index (χ1n) is 10.9. The molecule has 1 saturated heterocycles. The fourth-order valence-electron chi connectivity index (χ4n) is 4.03. The van der Waals surface area contributed by atoms with Crippen molar-refractivity contribution in [2.75, 3.05) is 25.0 Å². The standard InChI is InChI=1S/C27H28N2O3/c1-19-12-13-23(16-20(19)2)32-18-26(30)28-25-11-7-6-10-24(25)27(31)29-15-14-22(17-29)21-8-4-3-5-9-21/h3-13,16,22H,14-15,17-18H2,1-2H3,(H,28,30). The summed E-state index contributed by atoms with van der Waals surface area (Å²) in [6.07, 6.45) is 0.939. The van der Waals surface area contributed by atoms with Crippen molar-refractivity contribution in [3.8, 4) is 5.75 Å². The first kappa shape index (κ1) is 21.6. The van der Waals surface area contributed by atoms with Gasteiger partial charge in [0, 0.05) is 19.0 Å². The van der Waals surface area contributed by atoms with Crippen LogP contribution in [0.5, 0.6) is 5.75 Å². The average Bonchev–Trinajstić information content (AvgIpc) is 3.31. The van der Waals surface area contributed by atoms with Gasteiger partial charge in [0.15, 0.2) is 6.61 Å². The number of carbonyl (C=O) groups excluding carboxylic acids is 2. The molecule has 0 spiro atoms. The number of likely N-dealkylation sites (tertiary alicyclic amines) is 1. The number of hydrogen-bond donors (Lipinski definition) is 1. The van der Waals surface area contributed by atoms with Crippen LogP contribution in [-0.2, 0) is 4.79 Å². The van der Waals surface area contributed by atoms with Crippen molar-refractivity contribution in [3.05, 3.63) is 95.1 Å². The smallest absolute Gasteiger partial charge is 0.262 e. The van der Waals surface area contributed by atoms with Crippen molar-refractivity contribution in [3.63, 3.8) is 0 Å². The molecule has 5 nitrogen and oxygen atoms in total. The molecule has 3 aromatic carbocycles. The second kappa shape index (κ2) is 9.69. The van der Waals surface area contributed by atoms with Crippen molar-refractivity contribution in [1.82, 2.24) is 4.90 Å². The zero-order chi connectivity index (χ0) is 22.5. The molecule has 32 heavy (non-hydrogen) atoms. The number of aryl methyl sites for hydroxylation is 2. The molecule has 4 rings (SSSR count). The third kappa shape index (κ3) is 4.99. The van der Waals surface area contributed by atoms with Gasteiger partial charge in [-0.15, -0.1) is 0 Å². The SMILES string of the molecule is Cc1ccc(OCC(=O)Nc2ccccc2C(=O)N2CCC(c3ccccc3)C2)cc1C. The zero-order valence-electron chi connectivity index (χ0n) is 18.5. The lowest BCUT2D eigenvalue weighted by atomic mass is 9.99. The Hall–Kier alpha value is -3.60. The molecule has 1 aliphatic rings. The zero-order valence-corrected chi connectivity index (χ0v) is 18.5. The minimum atomic E-state index is -0.299. The number of nitrogens with zero attached hydrogens (tertiary/aromatic N) is 1. The molecule has 0 aliphatic carbocycles. The van der Waals surface area contributed by atoms with Crippen molar-refractivity contribution in [1.29, 1.82) is 0 Å². The van der Waals surface area contributed by atoms with Crippen molar-refractivity contribution in [2.45, 2.75) is 26.2 Å². The summed E-state index contributed by atoms with van der Waals surface area (Å²) >= 11 is 0. The average molecular weight is 429 g/mol. The molecule has 1 atom stereocenters. The summed E-state index contributed by atoms with van der Waals surface area (Å²) in [5.41, 5.74) is 4.55. The summed E-state index contributed by atoms with van der Waals surface area (Å²) in [5, 5.41) is 2.84. The molecule has 3 aromatic rings.